The zero-order valence-corrected chi connectivity index (χ0v) is 14.8. The summed E-state index contributed by atoms with van der Waals surface area (Å²) in [6, 6.07) is 5.31. The number of benzene rings is 1. The van der Waals surface area contributed by atoms with Crippen LogP contribution in [0, 0.1) is 12.3 Å². The fraction of sp³-hybridized carbons (Fsp3) is 0.444. The van der Waals surface area contributed by atoms with Crippen LogP contribution >= 0.6 is 0 Å². The molecule has 1 aromatic carbocycles. The number of methoxy groups -OCH3 is 1. The Balaban J connectivity index is 2.97. The summed E-state index contributed by atoms with van der Waals surface area (Å²) in [5, 5.41) is 10.4. The third-order valence-electron chi connectivity index (χ3n) is 3.01. The molecule has 0 aromatic heterocycles. The van der Waals surface area contributed by atoms with Gasteiger partial charge in [0.2, 0.25) is 0 Å². The lowest BCUT2D eigenvalue weighted by molar-refractivity contribution is -0.181. The van der Waals surface area contributed by atoms with Crippen molar-refractivity contribution in [1.29, 1.82) is 0 Å². The molecule has 1 aromatic rings. The number of nitrogens with zero attached hydrogens (tertiary/aromatic N) is 1. The molecule has 0 heterocycles. The highest BCUT2D eigenvalue weighted by Gasteiger charge is 2.31. The van der Waals surface area contributed by atoms with Gasteiger partial charge in [0.1, 0.15) is 17.4 Å². The van der Waals surface area contributed by atoms with E-state index in [0.717, 1.165) is 10.6 Å². The second kappa shape index (κ2) is 8.94. The number of hydrogen-bond donors (Lipinski definition) is 1. The maximum atomic E-state index is 12.2. The van der Waals surface area contributed by atoms with E-state index >= 15 is 0 Å². The van der Waals surface area contributed by atoms with Crippen molar-refractivity contribution < 1.29 is 29.0 Å². The molecule has 0 aliphatic carbocycles. The Morgan fingerprint density at radius 3 is 2.36 bits per heavy atom. The molecule has 25 heavy (non-hydrogen) atoms. The lowest BCUT2D eigenvalue weighted by atomic mass is 10.1. The van der Waals surface area contributed by atoms with Gasteiger partial charge in [-0.25, -0.2) is 4.79 Å². The van der Waals surface area contributed by atoms with Gasteiger partial charge in [-0.1, -0.05) is 18.1 Å². The molecule has 1 rings (SSSR count). The molecule has 1 atom stereocenters. The van der Waals surface area contributed by atoms with Crippen molar-refractivity contribution in [3.05, 3.63) is 29.8 Å². The Labute approximate surface area is 147 Å². The first-order chi connectivity index (χ1) is 11.7. The highest BCUT2D eigenvalue weighted by molar-refractivity contribution is 5.76. The molecule has 7 heteroatoms. The van der Waals surface area contributed by atoms with Crippen molar-refractivity contribution in [3.63, 3.8) is 0 Å². The number of ether oxygens (including phenoxy) is 2. The summed E-state index contributed by atoms with van der Waals surface area (Å²) in [5.41, 5.74) is -0.0283. The van der Waals surface area contributed by atoms with Crippen molar-refractivity contribution in [2.24, 2.45) is 0 Å². The highest BCUT2D eigenvalue weighted by atomic mass is 16.8. The Morgan fingerprint density at radius 1 is 1.28 bits per heavy atom. The summed E-state index contributed by atoms with van der Waals surface area (Å²) in [6.45, 7) is 4.94. The molecule has 0 amide bonds. The van der Waals surface area contributed by atoms with E-state index in [1.54, 1.807) is 32.9 Å². The maximum Gasteiger partial charge on any atom is 0.528 e. The summed E-state index contributed by atoms with van der Waals surface area (Å²) in [5.74, 6) is 1.82. The van der Waals surface area contributed by atoms with Gasteiger partial charge in [0.25, 0.3) is 0 Å². The van der Waals surface area contributed by atoms with Gasteiger partial charge in [-0.2, -0.15) is 0 Å². The van der Waals surface area contributed by atoms with Crippen molar-refractivity contribution >= 4 is 12.1 Å². The number of rotatable bonds is 6. The van der Waals surface area contributed by atoms with E-state index in [1.807, 2.05) is 0 Å². The van der Waals surface area contributed by atoms with E-state index in [4.69, 9.17) is 20.7 Å². The smallest absolute Gasteiger partial charge is 0.508 e. The van der Waals surface area contributed by atoms with Gasteiger partial charge in [-0.15, -0.1) is 11.5 Å². The number of terminal acetylenes is 1. The minimum absolute atomic E-state index is 0.101. The topological polar surface area (TPSA) is 85.3 Å². The summed E-state index contributed by atoms with van der Waals surface area (Å²) >= 11 is 0. The van der Waals surface area contributed by atoms with Crippen LogP contribution in [-0.4, -0.2) is 47.6 Å². The van der Waals surface area contributed by atoms with Gasteiger partial charge < -0.3 is 19.4 Å². The van der Waals surface area contributed by atoms with Crippen molar-refractivity contribution in [1.82, 2.24) is 5.06 Å². The Bertz CT molecular complexity index is 626. The molecule has 0 saturated carbocycles. The van der Waals surface area contributed by atoms with E-state index < -0.39 is 23.8 Å². The number of carbonyl (C=O) groups excluding carboxylic acids is 2. The van der Waals surface area contributed by atoms with Gasteiger partial charge >= 0.3 is 12.1 Å². The Hall–Kier alpha value is -2.72. The monoisotopic (exact) mass is 349 g/mol. The van der Waals surface area contributed by atoms with E-state index in [9.17, 15) is 14.7 Å². The lowest BCUT2D eigenvalue weighted by Crippen LogP contribution is -2.45. The second-order valence-electron chi connectivity index (χ2n) is 6.24. The van der Waals surface area contributed by atoms with Crippen molar-refractivity contribution in [2.45, 2.75) is 38.8 Å². The molecular weight excluding hydrogens is 326 g/mol. The standard InChI is InChI=1S/C18H23NO6/c1-6-11-19(25-17(22)24-18(2,3)4)15(16(21)23-5)12-13-7-9-14(20)10-8-13/h1,7-10,15,20H,11-12H2,2-5H3/t15-/m0/s1. The fourth-order valence-corrected chi connectivity index (χ4v) is 1.95. The molecule has 0 aliphatic rings. The molecule has 0 saturated heterocycles. The van der Waals surface area contributed by atoms with E-state index in [-0.39, 0.29) is 18.7 Å². The average Bonchev–Trinajstić information content (AvgIpc) is 2.51. The van der Waals surface area contributed by atoms with Gasteiger partial charge in [-0.3, -0.25) is 4.79 Å². The largest absolute Gasteiger partial charge is 0.528 e. The van der Waals surface area contributed by atoms with Crippen LogP contribution < -0.4 is 0 Å². The predicted octanol–water partition coefficient (Wildman–Crippen LogP) is 2.28. The maximum absolute atomic E-state index is 12.2. The lowest BCUT2D eigenvalue weighted by Gasteiger charge is -2.28. The van der Waals surface area contributed by atoms with Gasteiger partial charge in [0.05, 0.1) is 13.7 Å². The van der Waals surface area contributed by atoms with Crippen LogP contribution in [0.3, 0.4) is 0 Å². The molecule has 1 N–H and O–H groups in total. The number of aromatic hydroxyl groups is 1. The molecule has 0 fully saturated rings. The number of hydrogen-bond acceptors (Lipinski definition) is 7. The van der Waals surface area contributed by atoms with Crippen LogP contribution in [0.25, 0.3) is 0 Å². The fourth-order valence-electron chi connectivity index (χ4n) is 1.95. The van der Waals surface area contributed by atoms with Crippen molar-refractivity contribution in [2.75, 3.05) is 13.7 Å². The van der Waals surface area contributed by atoms with Crippen molar-refractivity contribution in [3.8, 4) is 18.1 Å². The van der Waals surface area contributed by atoms with E-state index in [2.05, 4.69) is 5.92 Å². The third-order valence-corrected chi connectivity index (χ3v) is 3.01. The first kappa shape index (κ1) is 20.3. The SMILES string of the molecule is C#CCN(OC(=O)OC(C)(C)C)[C@@H](Cc1ccc(O)cc1)C(=O)OC. The van der Waals surface area contributed by atoms with Crippen LogP contribution in [0.2, 0.25) is 0 Å². The predicted molar refractivity (Wildman–Crippen MR) is 90.5 cm³/mol. The first-order valence-electron chi connectivity index (χ1n) is 7.63. The second-order valence-corrected chi connectivity index (χ2v) is 6.24. The minimum Gasteiger partial charge on any atom is -0.508 e. The molecule has 136 valence electrons. The van der Waals surface area contributed by atoms with Gasteiger partial charge in [0.15, 0.2) is 0 Å². The molecular formula is C18H23NO6. The Morgan fingerprint density at radius 2 is 1.88 bits per heavy atom. The van der Waals surface area contributed by atoms with Crippen LogP contribution in [0.4, 0.5) is 4.79 Å². The number of phenolic OH excluding ortho intramolecular Hbond substituents is 1. The zero-order valence-electron chi connectivity index (χ0n) is 14.8. The summed E-state index contributed by atoms with van der Waals surface area (Å²) in [6.07, 6.45) is 4.51. The van der Waals surface area contributed by atoms with Crippen LogP contribution in [-0.2, 0) is 25.5 Å². The molecule has 0 spiro atoms. The summed E-state index contributed by atoms with van der Waals surface area (Å²) < 4.78 is 9.87. The number of esters is 1. The van der Waals surface area contributed by atoms with Crippen LogP contribution in [0.15, 0.2) is 24.3 Å². The quantitative estimate of drug-likeness (QED) is 0.479. The first-order valence-corrected chi connectivity index (χ1v) is 7.63. The normalized spacial score (nSPS) is 12.2. The highest BCUT2D eigenvalue weighted by Crippen LogP contribution is 2.16. The molecule has 0 aliphatic heterocycles. The number of phenols is 1. The molecule has 0 bridgehead atoms. The van der Waals surface area contributed by atoms with Crippen LogP contribution in [0.1, 0.15) is 26.3 Å². The average molecular weight is 349 g/mol. The molecule has 0 unspecified atom stereocenters. The molecule has 7 nitrogen and oxygen atoms in total. The van der Waals surface area contributed by atoms with Gasteiger partial charge in [-0.05, 0) is 38.5 Å². The summed E-state index contributed by atoms with van der Waals surface area (Å²) in [4.78, 5) is 29.2. The summed E-state index contributed by atoms with van der Waals surface area (Å²) in [7, 11) is 1.23. The van der Waals surface area contributed by atoms with Crippen LogP contribution in [0.5, 0.6) is 5.75 Å². The Kier molecular flexibility index (Phi) is 7.27. The number of hydroxylamine groups is 2. The third kappa shape index (κ3) is 7.14. The number of carbonyl (C=O) groups is 2. The molecule has 0 radical (unpaired) electrons. The zero-order chi connectivity index (χ0) is 19.0. The minimum atomic E-state index is -0.970. The van der Waals surface area contributed by atoms with E-state index in [0.29, 0.717) is 0 Å². The van der Waals surface area contributed by atoms with E-state index in [1.165, 1.54) is 19.2 Å². The van der Waals surface area contributed by atoms with Gasteiger partial charge in [0, 0.05) is 6.42 Å².